The van der Waals surface area contributed by atoms with Gasteiger partial charge in [0.2, 0.25) is 0 Å². The summed E-state index contributed by atoms with van der Waals surface area (Å²) in [6, 6.07) is 6.33. The largest absolute Gasteiger partial charge is 0.325 e. The zero-order valence-electron chi connectivity index (χ0n) is 9.96. The number of nitrogens with zero attached hydrogens (tertiary/aromatic N) is 1. The summed E-state index contributed by atoms with van der Waals surface area (Å²) in [5, 5.41) is 0.857. The van der Waals surface area contributed by atoms with E-state index in [9.17, 15) is 0 Å². The highest BCUT2D eigenvalue weighted by atomic mass is 35.5. The monoisotopic (exact) mass is 238 g/mol. The van der Waals surface area contributed by atoms with Crippen molar-refractivity contribution in [1.82, 2.24) is 4.90 Å². The third-order valence-corrected chi connectivity index (χ3v) is 3.40. The molecule has 0 unspecified atom stereocenters. The summed E-state index contributed by atoms with van der Waals surface area (Å²) < 4.78 is 0. The first-order valence-electron chi connectivity index (χ1n) is 5.69. The van der Waals surface area contributed by atoms with Crippen LogP contribution in [-0.4, -0.2) is 24.5 Å². The maximum Gasteiger partial charge on any atom is 0.0453 e. The van der Waals surface area contributed by atoms with Gasteiger partial charge in [0.25, 0.3) is 0 Å². The van der Waals surface area contributed by atoms with Gasteiger partial charge < -0.3 is 10.6 Å². The number of benzene rings is 1. The van der Waals surface area contributed by atoms with Crippen LogP contribution in [0.25, 0.3) is 0 Å². The predicted molar refractivity (Wildman–Crippen MR) is 68.7 cm³/mol. The maximum absolute atomic E-state index is 6.26. The van der Waals surface area contributed by atoms with E-state index in [0.717, 1.165) is 30.8 Å². The molecule has 0 aliphatic heterocycles. The number of hydrogen-bond donors (Lipinski definition) is 1. The Bertz CT molecular complexity index is 384. The van der Waals surface area contributed by atoms with Crippen molar-refractivity contribution in [3.05, 3.63) is 34.3 Å². The van der Waals surface area contributed by atoms with Crippen molar-refractivity contribution in [3.63, 3.8) is 0 Å². The van der Waals surface area contributed by atoms with Gasteiger partial charge in [0, 0.05) is 17.1 Å². The summed E-state index contributed by atoms with van der Waals surface area (Å²) in [5.74, 6) is 0. The molecule has 0 atom stereocenters. The van der Waals surface area contributed by atoms with Crippen molar-refractivity contribution >= 4 is 11.6 Å². The third-order valence-electron chi connectivity index (χ3n) is 3.05. The van der Waals surface area contributed by atoms with Crippen LogP contribution in [0.3, 0.4) is 0 Å². The number of rotatable bonds is 4. The molecule has 0 radical (unpaired) electrons. The molecule has 2 nitrogen and oxygen atoms in total. The molecule has 1 fully saturated rings. The Morgan fingerprint density at radius 1 is 1.38 bits per heavy atom. The van der Waals surface area contributed by atoms with Crippen LogP contribution in [0.15, 0.2) is 18.2 Å². The molecule has 16 heavy (non-hydrogen) atoms. The van der Waals surface area contributed by atoms with E-state index < -0.39 is 0 Å². The van der Waals surface area contributed by atoms with E-state index in [4.69, 9.17) is 17.3 Å². The van der Waals surface area contributed by atoms with Crippen LogP contribution in [0.2, 0.25) is 5.02 Å². The average molecular weight is 239 g/mol. The van der Waals surface area contributed by atoms with Crippen LogP contribution >= 0.6 is 11.6 Å². The third kappa shape index (κ3) is 2.97. The molecular formula is C13H19ClN2. The maximum atomic E-state index is 6.26. The van der Waals surface area contributed by atoms with Gasteiger partial charge in [-0.05, 0) is 50.6 Å². The normalized spacial score (nSPS) is 17.8. The molecule has 0 amide bonds. The molecule has 1 saturated carbocycles. The molecule has 0 spiro atoms. The van der Waals surface area contributed by atoms with Crippen molar-refractivity contribution in [3.8, 4) is 0 Å². The number of hydrogen-bond acceptors (Lipinski definition) is 2. The Kier molecular flexibility index (Phi) is 3.24. The molecule has 1 aromatic rings. The molecule has 2 N–H and O–H groups in total. The first-order chi connectivity index (χ1) is 7.48. The van der Waals surface area contributed by atoms with Gasteiger partial charge in [-0.15, -0.1) is 0 Å². The Labute approximate surface area is 102 Å². The van der Waals surface area contributed by atoms with Crippen molar-refractivity contribution < 1.29 is 0 Å². The highest BCUT2D eigenvalue weighted by Crippen LogP contribution is 2.36. The van der Waals surface area contributed by atoms with Crippen molar-refractivity contribution in [1.29, 1.82) is 0 Å². The van der Waals surface area contributed by atoms with Crippen molar-refractivity contribution in [2.45, 2.75) is 31.3 Å². The van der Waals surface area contributed by atoms with E-state index >= 15 is 0 Å². The zero-order valence-corrected chi connectivity index (χ0v) is 10.7. The molecule has 1 aliphatic carbocycles. The van der Waals surface area contributed by atoms with Crippen LogP contribution in [0.5, 0.6) is 0 Å². The lowest BCUT2D eigenvalue weighted by Crippen LogP contribution is -2.24. The van der Waals surface area contributed by atoms with Gasteiger partial charge in [0.15, 0.2) is 0 Å². The van der Waals surface area contributed by atoms with E-state index in [1.807, 2.05) is 14.1 Å². The Balaban J connectivity index is 2.09. The first kappa shape index (κ1) is 11.9. The fraction of sp³-hybridized carbons (Fsp3) is 0.538. The second kappa shape index (κ2) is 4.36. The molecule has 1 aliphatic rings. The minimum Gasteiger partial charge on any atom is -0.325 e. The van der Waals surface area contributed by atoms with Gasteiger partial charge in [0.1, 0.15) is 0 Å². The van der Waals surface area contributed by atoms with E-state index in [-0.39, 0.29) is 5.54 Å². The molecule has 2 rings (SSSR count). The SMILES string of the molecule is CN(C)Cc1ccc(CC2(N)CC2)cc1Cl. The van der Waals surface area contributed by atoms with Crippen LogP contribution in [0.1, 0.15) is 24.0 Å². The first-order valence-corrected chi connectivity index (χ1v) is 6.07. The summed E-state index contributed by atoms with van der Waals surface area (Å²) in [5.41, 5.74) is 8.59. The number of nitrogens with two attached hydrogens (primary N) is 1. The minimum absolute atomic E-state index is 0.0619. The standard InChI is InChI=1S/C13H19ClN2/c1-16(2)9-11-4-3-10(7-12(11)14)8-13(15)5-6-13/h3-4,7H,5-6,8-9,15H2,1-2H3. The summed E-state index contributed by atoms with van der Waals surface area (Å²) in [7, 11) is 4.09. The lowest BCUT2D eigenvalue weighted by atomic mass is 10.0. The number of halogens is 1. The quantitative estimate of drug-likeness (QED) is 0.873. The molecule has 0 heterocycles. The summed E-state index contributed by atoms with van der Waals surface area (Å²) >= 11 is 6.26. The highest BCUT2D eigenvalue weighted by molar-refractivity contribution is 6.31. The summed E-state index contributed by atoms with van der Waals surface area (Å²) in [6.45, 7) is 0.882. The molecule has 0 bridgehead atoms. The van der Waals surface area contributed by atoms with Gasteiger partial charge in [-0.1, -0.05) is 23.7 Å². The van der Waals surface area contributed by atoms with E-state index in [1.165, 1.54) is 11.1 Å². The van der Waals surface area contributed by atoms with Gasteiger partial charge in [0.05, 0.1) is 0 Å². The van der Waals surface area contributed by atoms with Crippen LogP contribution in [0.4, 0.5) is 0 Å². The smallest absolute Gasteiger partial charge is 0.0453 e. The van der Waals surface area contributed by atoms with Gasteiger partial charge in [-0.3, -0.25) is 0 Å². The molecule has 0 aromatic heterocycles. The Hall–Kier alpha value is -0.570. The topological polar surface area (TPSA) is 29.3 Å². The average Bonchev–Trinajstić information content (AvgIpc) is 2.88. The van der Waals surface area contributed by atoms with Gasteiger partial charge in [-0.25, -0.2) is 0 Å². The fourth-order valence-corrected chi connectivity index (χ4v) is 2.18. The van der Waals surface area contributed by atoms with Crippen LogP contribution < -0.4 is 5.73 Å². The van der Waals surface area contributed by atoms with Gasteiger partial charge in [-0.2, -0.15) is 0 Å². The lowest BCUT2D eigenvalue weighted by molar-refractivity contribution is 0.402. The highest BCUT2D eigenvalue weighted by Gasteiger charge is 2.37. The Morgan fingerprint density at radius 3 is 2.56 bits per heavy atom. The molecule has 1 aromatic carbocycles. The van der Waals surface area contributed by atoms with Crippen molar-refractivity contribution in [2.75, 3.05) is 14.1 Å². The predicted octanol–water partition coefficient (Wildman–Crippen LogP) is 2.44. The lowest BCUT2D eigenvalue weighted by Gasteiger charge is -2.13. The van der Waals surface area contributed by atoms with Crippen LogP contribution in [0, 0.1) is 0 Å². The zero-order chi connectivity index (χ0) is 11.8. The van der Waals surface area contributed by atoms with Gasteiger partial charge >= 0.3 is 0 Å². The van der Waals surface area contributed by atoms with E-state index in [2.05, 4.69) is 23.1 Å². The molecule has 3 heteroatoms. The van der Waals surface area contributed by atoms with E-state index in [1.54, 1.807) is 0 Å². The van der Waals surface area contributed by atoms with Crippen LogP contribution in [-0.2, 0) is 13.0 Å². The summed E-state index contributed by atoms with van der Waals surface area (Å²) in [6.07, 6.45) is 3.24. The molecule has 0 saturated heterocycles. The Morgan fingerprint density at radius 2 is 2.06 bits per heavy atom. The molecular weight excluding hydrogens is 220 g/mol. The van der Waals surface area contributed by atoms with Crippen molar-refractivity contribution in [2.24, 2.45) is 5.73 Å². The van der Waals surface area contributed by atoms with E-state index in [0.29, 0.717) is 0 Å². The minimum atomic E-state index is 0.0619. The summed E-state index contributed by atoms with van der Waals surface area (Å²) in [4.78, 5) is 2.12. The second-order valence-electron chi connectivity index (χ2n) is 5.20. The second-order valence-corrected chi connectivity index (χ2v) is 5.61. The molecule has 88 valence electrons. The fourth-order valence-electron chi connectivity index (χ4n) is 1.91.